The first-order valence-corrected chi connectivity index (χ1v) is 3.94. The largest absolute Gasteiger partial charge is 0.387 e. The third-order valence-corrected chi connectivity index (χ3v) is 2.39. The maximum absolute atomic E-state index is 7.13. The second-order valence-electron chi connectivity index (χ2n) is 3.30. The standard InChI is InChI=1S/C7H13N3O/c8-7(9)3-10-2-6-1-5(10)4-11-6/h5-6H,1-4H2,(H3,8,9). The van der Waals surface area contributed by atoms with Gasteiger partial charge in [0, 0.05) is 12.6 Å². The number of fused-ring (bicyclic) bond motifs is 2. The van der Waals surface area contributed by atoms with Crippen LogP contribution >= 0.6 is 0 Å². The summed E-state index contributed by atoms with van der Waals surface area (Å²) in [4.78, 5) is 2.23. The Morgan fingerprint density at radius 1 is 1.73 bits per heavy atom. The fourth-order valence-corrected chi connectivity index (χ4v) is 1.89. The van der Waals surface area contributed by atoms with E-state index in [1.165, 1.54) is 0 Å². The quantitative estimate of drug-likeness (QED) is 0.413. The molecule has 0 radical (unpaired) electrons. The highest BCUT2D eigenvalue weighted by Gasteiger charge is 2.38. The molecule has 2 aliphatic heterocycles. The average Bonchev–Trinajstić information content (AvgIpc) is 2.45. The molecule has 0 aromatic heterocycles. The lowest BCUT2D eigenvalue weighted by Crippen LogP contribution is -2.41. The SMILES string of the molecule is N=C(N)CN1CC2CC1CO2. The van der Waals surface area contributed by atoms with Crippen molar-refractivity contribution < 1.29 is 4.74 Å². The number of rotatable bonds is 2. The van der Waals surface area contributed by atoms with Crippen molar-refractivity contribution in [1.29, 1.82) is 5.41 Å². The summed E-state index contributed by atoms with van der Waals surface area (Å²) in [5.41, 5.74) is 5.30. The number of ether oxygens (including phenoxy) is 1. The van der Waals surface area contributed by atoms with Gasteiger partial charge >= 0.3 is 0 Å². The van der Waals surface area contributed by atoms with Gasteiger partial charge in [-0.3, -0.25) is 10.3 Å². The summed E-state index contributed by atoms with van der Waals surface area (Å²) in [6.45, 7) is 2.41. The average molecular weight is 155 g/mol. The summed E-state index contributed by atoms with van der Waals surface area (Å²) in [6.07, 6.45) is 1.55. The number of nitrogens with two attached hydrogens (primary N) is 1. The number of nitrogens with zero attached hydrogens (tertiary/aromatic N) is 1. The lowest BCUT2D eigenvalue weighted by molar-refractivity contribution is 0.0370. The molecule has 2 unspecified atom stereocenters. The van der Waals surface area contributed by atoms with E-state index in [2.05, 4.69) is 4.90 Å². The fraction of sp³-hybridized carbons (Fsp3) is 0.857. The Morgan fingerprint density at radius 3 is 3.00 bits per heavy atom. The molecule has 2 fully saturated rings. The molecule has 62 valence electrons. The van der Waals surface area contributed by atoms with Crippen LogP contribution in [0.3, 0.4) is 0 Å². The molecule has 4 nitrogen and oxygen atoms in total. The van der Waals surface area contributed by atoms with Gasteiger partial charge in [-0.15, -0.1) is 0 Å². The third-order valence-electron chi connectivity index (χ3n) is 2.39. The molecule has 4 heteroatoms. The number of amidine groups is 1. The normalized spacial score (nSPS) is 36.4. The Bertz CT molecular complexity index is 183. The molecule has 11 heavy (non-hydrogen) atoms. The summed E-state index contributed by atoms with van der Waals surface area (Å²) in [5, 5.41) is 7.13. The highest BCUT2D eigenvalue weighted by molar-refractivity contribution is 5.79. The molecule has 0 saturated carbocycles. The molecule has 2 atom stereocenters. The topological polar surface area (TPSA) is 62.3 Å². The first-order chi connectivity index (χ1) is 5.25. The van der Waals surface area contributed by atoms with Crippen LogP contribution in [0.1, 0.15) is 6.42 Å². The van der Waals surface area contributed by atoms with Crippen molar-refractivity contribution in [1.82, 2.24) is 4.90 Å². The molecule has 3 N–H and O–H groups in total. The van der Waals surface area contributed by atoms with E-state index in [9.17, 15) is 0 Å². The Labute approximate surface area is 65.8 Å². The molecular formula is C7H13N3O. The van der Waals surface area contributed by atoms with Gasteiger partial charge in [0.05, 0.1) is 19.3 Å². The van der Waals surface area contributed by atoms with Crippen LogP contribution in [0.15, 0.2) is 0 Å². The minimum atomic E-state index is 0.262. The maximum atomic E-state index is 7.13. The number of hydrogen-bond acceptors (Lipinski definition) is 3. The summed E-state index contributed by atoms with van der Waals surface area (Å²) in [6, 6.07) is 0.531. The molecule has 2 heterocycles. The number of nitrogens with one attached hydrogen (secondary N) is 1. The second kappa shape index (κ2) is 2.46. The van der Waals surface area contributed by atoms with Gasteiger partial charge in [0.15, 0.2) is 0 Å². The maximum Gasteiger partial charge on any atom is 0.105 e. The molecule has 2 saturated heterocycles. The molecule has 0 aromatic rings. The van der Waals surface area contributed by atoms with E-state index in [1.54, 1.807) is 0 Å². The van der Waals surface area contributed by atoms with Crippen LogP contribution in [-0.2, 0) is 4.74 Å². The van der Waals surface area contributed by atoms with Crippen LogP contribution in [-0.4, -0.2) is 42.6 Å². The van der Waals surface area contributed by atoms with Crippen molar-refractivity contribution in [3.8, 4) is 0 Å². The zero-order valence-corrected chi connectivity index (χ0v) is 6.42. The molecular weight excluding hydrogens is 142 g/mol. The first-order valence-electron chi connectivity index (χ1n) is 3.94. The van der Waals surface area contributed by atoms with Crippen LogP contribution in [0, 0.1) is 5.41 Å². The lowest BCUT2D eigenvalue weighted by atomic mass is 10.2. The molecule has 2 bridgehead atoms. The fourth-order valence-electron chi connectivity index (χ4n) is 1.89. The van der Waals surface area contributed by atoms with Crippen molar-refractivity contribution in [3.05, 3.63) is 0 Å². The smallest absolute Gasteiger partial charge is 0.105 e. The zero-order valence-electron chi connectivity index (χ0n) is 6.42. The summed E-state index contributed by atoms with van der Waals surface area (Å²) in [7, 11) is 0. The van der Waals surface area contributed by atoms with Gasteiger partial charge in [-0.05, 0) is 6.42 Å². The number of hydrogen-bond donors (Lipinski definition) is 2. The molecule has 0 aliphatic carbocycles. The Balaban J connectivity index is 1.92. The first kappa shape index (κ1) is 7.06. The Kier molecular flexibility index (Phi) is 1.58. The van der Waals surface area contributed by atoms with Gasteiger partial charge in [0.25, 0.3) is 0 Å². The Hall–Kier alpha value is -0.610. The van der Waals surface area contributed by atoms with Gasteiger partial charge in [-0.2, -0.15) is 0 Å². The predicted molar refractivity (Wildman–Crippen MR) is 41.6 cm³/mol. The van der Waals surface area contributed by atoms with Gasteiger partial charge in [-0.25, -0.2) is 0 Å². The third kappa shape index (κ3) is 1.23. The molecule has 2 rings (SSSR count). The van der Waals surface area contributed by atoms with Crippen molar-refractivity contribution >= 4 is 5.84 Å². The second-order valence-corrected chi connectivity index (χ2v) is 3.30. The molecule has 0 amide bonds. The van der Waals surface area contributed by atoms with Crippen LogP contribution < -0.4 is 5.73 Å². The summed E-state index contributed by atoms with van der Waals surface area (Å²) < 4.78 is 5.41. The Morgan fingerprint density at radius 2 is 2.55 bits per heavy atom. The number of likely N-dealkylation sites (tertiary alicyclic amines) is 1. The lowest BCUT2D eigenvalue weighted by Gasteiger charge is -2.25. The van der Waals surface area contributed by atoms with Gasteiger partial charge in [0.2, 0.25) is 0 Å². The summed E-state index contributed by atoms with van der Waals surface area (Å²) >= 11 is 0. The predicted octanol–water partition coefficient (Wildman–Crippen LogP) is -0.605. The minimum absolute atomic E-state index is 0.262. The van der Waals surface area contributed by atoms with E-state index in [-0.39, 0.29) is 5.84 Å². The van der Waals surface area contributed by atoms with E-state index >= 15 is 0 Å². The minimum Gasteiger partial charge on any atom is -0.387 e. The van der Waals surface area contributed by atoms with Crippen molar-refractivity contribution in [3.63, 3.8) is 0 Å². The van der Waals surface area contributed by atoms with E-state index < -0.39 is 0 Å². The van der Waals surface area contributed by atoms with Crippen LogP contribution in [0.4, 0.5) is 0 Å². The van der Waals surface area contributed by atoms with Crippen molar-refractivity contribution in [2.75, 3.05) is 19.7 Å². The van der Waals surface area contributed by atoms with Crippen molar-refractivity contribution in [2.45, 2.75) is 18.6 Å². The monoisotopic (exact) mass is 155 g/mol. The highest BCUT2D eigenvalue weighted by Crippen LogP contribution is 2.26. The van der Waals surface area contributed by atoms with Crippen molar-refractivity contribution in [2.24, 2.45) is 5.73 Å². The van der Waals surface area contributed by atoms with Crippen LogP contribution in [0.25, 0.3) is 0 Å². The molecule has 0 spiro atoms. The molecule has 2 aliphatic rings. The van der Waals surface area contributed by atoms with E-state index in [0.29, 0.717) is 18.7 Å². The van der Waals surface area contributed by atoms with E-state index in [4.69, 9.17) is 15.9 Å². The van der Waals surface area contributed by atoms with Gasteiger partial charge in [0.1, 0.15) is 5.84 Å². The van der Waals surface area contributed by atoms with E-state index in [0.717, 1.165) is 19.6 Å². The highest BCUT2D eigenvalue weighted by atomic mass is 16.5. The number of morpholine rings is 1. The van der Waals surface area contributed by atoms with Gasteiger partial charge in [-0.1, -0.05) is 0 Å². The molecule has 0 aromatic carbocycles. The van der Waals surface area contributed by atoms with E-state index in [1.807, 2.05) is 0 Å². The summed E-state index contributed by atoms with van der Waals surface area (Å²) in [5.74, 6) is 0.262. The van der Waals surface area contributed by atoms with Gasteiger partial charge < -0.3 is 10.5 Å². The van der Waals surface area contributed by atoms with Crippen LogP contribution in [0.2, 0.25) is 0 Å². The van der Waals surface area contributed by atoms with Crippen LogP contribution in [0.5, 0.6) is 0 Å². The zero-order chi connectivity index (χ0) is 7.84.